The Bertz CT molecular complexity index is 361. The quantitative estimate of drug-likeness (QED) is 0.570. The molecule has 16 heavy (non-hydrogen) atoms. The molecular weight excluding hydrogens is 211 g/mol. The molecule has 0 saturated carbocycles. The first kappa shape index (κ1) is 12.8. The normalized spacial score (nSPS) is 12.8. The van der Waals surface area contributed by atoms with Crippen LogP contribution in [0.2, 0.25) is 0 Å². The van der Waals surface area contributed by atoms with Crippen molar-refractivity contribution in [3.05, 3.63) is 35.6 Å². The number of halogens is 1. The first-order chi connectivity index (χ1) is 7.61. The Morgan fingerprint density at radius 2 is 1.81 bits per heavy atom. The zero-order valence-electron chi connectivity index (χ0n) is 9.57. The third-order valence-corrected chi connectivity index (χ3v) is 2.43. The maximum Gasteiger partial charge on any atom is 0.173 e. The summed E-state index contributed by atoms with van der Waals surface area (Å²) in [5.41, 5.74) is 0.0640. The molecule has 0 aromatic heterocycles. The first-order valence-electron chi connectivity index (χ1n) is 4.96. The Morgan fingerprint density at radius 3 is 2.31 bits per heavy atom. The van der Waals surface area contributed by atoms with Gasteiger partial charge in [0.1, 0.15) is 5.82 Å². The molecule has 0 spiro atoms. The van der Waals surface area contributed by atoms with Gasteiger partial charge in [0.15, 0.2) is 12.1 Å². The van der Waals surface area contributed by atoms with Gasteiger partial charge in [0.05, 0.1) is 11.5 Å². The zero-order chi connectivity index (χ0) is 12.1. The molecule has 0 radical (unpaired) electrons. The van der Waals surface area contributed by atoms with Crippen molar-refractivity contribution in [1.82, 2.24) is 0 Å². The second-order valence-electron chi connectivity index (χ2n) is 3.47. The van der Waals surface area contributed by atoms with Gasteiger partial charge in [-0.15, -0.1) is 0 Å². The van der Waals surface area contributed by atoms with E-state index < -0.39 is 18.0 Å². The van der Waals surface area contributed by atoms with E-state index in [4.69, 9.17) is 9.47 Å². The SMILES string of the molecule is COC(OC)C(C)C(=O)c1ccccc1F. The van der Waals surface area contributed by atoms with E-state index >= 15 is 0 Å². The van der Waals surface area contributed by atoms with Crippen LogP contribution in [0.1, 0.15) is 17.3 Å². The molecule has 0 aliphatic rings. The minimum atomic E-state index is -0.660. The molecule has 0 fully saturated rings. The van der Waals surface area contributed by atoms with Crippen molar-refractivity contribution >= 4 is 5.78 Å². The van der Waals surface area contributed by atoms with Crippen LogP contribution in [0.15, 0.2) is 24.3 Å². The van der Waals surface area contributed by atoms with E-state index in [1.54, 1.807) is 19.1 Å². The predicted molar refractivity (Wildman–Crippen MR) is 57.7 cm³/mol. The first-order valence-corrected chi connectivity index (χ1v) is 4.96. The van der Waals surface area contributed by atoms with Crippen molar-refractivity contribution in [2.75, 3.05) is 14.2 Å². The summed E-state index contributed by atoms with van der Waals surface area (Å²) in [5, 5.41) is 0. The van der Waals surface area contributed by atoms with Gasteiger partial charge in [-0.25, -0.2) is 4.39 Å². The van der Waals surface area contributed by atoms with Gasteiger partial charge in [-0.2, -0.15) is 0 Å². The zero-order valence-corrected chi connectivity index (χ0v) is 9.57. The molecule has 3 nitrogen and oxygen atoms in total. The highest BCUT2D eigenvalue weighted by Crippen LogP contribution is 2.17. The highest BCUT2D eigenvalue weighted by Gasteiger charge is 2.26. The summed E-state index contributed by atoms with van der Waals surface area (Å²) < 4.78 is 23.3. The van der Waals surface area contributed by atoms with Gasteiger partial charge < -0.3 is 9.47 Å². The Morgan fingerprint density at radius 1 is 1.25 bits per heavy atom. The van der Waals surface area contributed by atoms with E-state index in [0.29, 0.717) is 0 Å². The van der Waals surface area contributed by atoms with Crippen LogP contribution in [0.4, 0.5) is 4.39 Å². The summed E-state index contributed by atoms with van der Waals surface area (Å²) in [6.45, 7) is 1.65. The molecule has 1 unspecified atom stereocenters. The molecule has 0 heterocycles. The van der Waals surface area contributed by atoms with Crippen LogP contribution in [-0.2, 0) is 9.47 Å². The summed E-state index contributed by atoms with van der Waals surface area (Å²) in [4.78, 5) is 11.9. The molecule has 1 rings (SSSR count). The van der Waals surface area contributed by atoms with Gasteiger partial charge in [0.25, 0.3) is 0 Å². The fraction of sp³-hybridized carbons (Fsp3) is 0.417. The Balaban J connectivity index is 2.90. The average Bonchev–Trinajstić information content (AvgIpc) is 2.30. The highest BCUT2D eigenvalue weighted by atomic mass is 19.1. The molecule has 0 bridgehead atoms. The molecule has 1 atom stereocenters. The standard InChI is InChI=1S/C12H15FO3/c1-8(12(15-2)16-3)11(14)9-6-4-5-7-10(9)13/h4-8,12H,1-3H3. The third kappa shape index (κ3) is 2.65. The van der Waals surface area contributed by atoms with Gasteiger partial charge in [-0.05, 0) is 12.1 Å². The van der Waals surface area contributed by atoms with Crippen LogP contribution in [-0.4, -0.2) is 26.3 Å². The summed E-state index contributed by atoms with van der Waals surface area (Å²) in [5.74, 6) is -1.40. The number of ether oxygens (including phenoxy) is 2. The van der Waals surface area contributed by atoms with Gasteiger partial charge >= 0.3 is 0 Å². The van der Waals surface area contributed by atoms with E-state index in [9.17, 15) is 9.18 Å². The van der Waals surface area contributed by atoms with Gasteiger partial charge in [-0.1, -0.05) is 19.1 Å². The lowest BCUT2D eigenvalue weighted by atomic mass is 9.98. The molecule has 0 N–H and O–H groups in total. The lowest BCUT2D eigenvalue weighted by Crippen LogP contribution is -2.29. The van der Waals surface area contributed by atoms with E-state index in [1.807, 2.05) is 0 Å². The number of carbonyl (C=O) groups excluding carboxylic acids is 1. The van der Waals surface area contributed by atoms with Crippen molar-refractivity contribution in [2.45, 2.75) is 13.2 Å². The number of rotatable bonds is 5. The molecule has 0 aliphatic heterocycles. The van der Waals surface area contributed by atoms with E-state index in [-0.39, 0.29) is 11.3 Å². The number of hydrogen-bond acceptors (Lipinski definition) is 3. The van der Waals surface area contributed by atoms with E-state index in [1.165, 1.54) is 26.4 Å². The molecule has 1 aromatic carbocycles. The Kier molecular flexibility index (Phi) is 4.58. The molecule has 4 heteroatoms. The van der Waals surface area contributed by atoms with Crippen molar-refractivity contribution in [3.63, 3.8) is 0 Å². The van der Waals surface area contributed by atoms with E-state index in [0.717, 1.165) is 0 Å². The second-order valence-corrected chi connectivity index (χ2v) is 3.47. The lowest BCUT2D eigenvalue weighted by Gasteiger charge is -2.20. The topological polar surface area (TPSA) is 35.5 Å². The van der Waals surface area contributed by atoms with Gasteiger partial charge in [0.2, 0.25) is 0 Å². The molecule has 0 saturated heterocycles. The van der Waals surface area contributed by atoms with Crippen LogP contribution >= 0.6 is 0 Å². The number of benzene rings is 1. The summed E-state index contributed by atoms with van der Waals surface area (Å²) in [6.07, 6.45) is -0.660. The lowest BCUT2D eigenvalue weighted by molar-refractivity contribution is -0.123. The van der Waals surface area contributed by atoms with Crippen LogP contribution in [0.3, 0.4) is 0 Å². The molecule has 0 amide bonds. The number of methoxy groups -OCH3 is 2. The fourth-order valence-corrected chi connectivity index (χ4v) is 1.53. The Hall–Kier alpha value is -1.26. The smallest absolute Gasteiger partial charge is 0.173 e. The highest BCUT2D eigenvalue weighted by molar-refractivity contribution is 5.98. The second kappa shape index (κ2) is 5.72. The van der Waals surface area contributed by atoms with Crippen LogP contribution < -0.4 is 0 Å². The Labute approximate surface area is 94.2 Å². The monoisotopic (exact) mass is 226 g/mol. The van der Waals surface area contributed by atoms with Gasteiger partial charge in [0, 0.05) is 14.2 Å². The minimum Gasteiger partial charge on any atom is -0.355 e. The van der Waals surface area contributed by atoms with Crippen molar-refractivity contribution in [1.29, 1.82) is 0 Å². The summed E-state index contributed by atoms with van der Waals surface area (Å²) >= 11 is 0. The molecule has 1 aromatic rings. The van der Waals surface area contributed by atoms with Crippen molar-refractivity contribution in [2.24, 2.45) is 5.92 Å². The summed E-state index contributed by atoms with van der Waals surface area (Å²) in [7, 11) is 2.89. The fourth-order valence-electron chi connectivity index (χ4n) is 1.53. The number of carbonyl (C=O) groups is 1. The molecular formula is C12H15FO3. The van der Waals surface area contributed by atoms with Crippen LogP contribution in [0.25, 0.3) is 0 Å². The maximum absolute atomic E-state index is 13.4. The largest absolute Gasteiger partial charge is 0.355 e. The van der Waals surface area contributed by atoms with Crippen LogP contribution in [0.5, 0.6) is 0 Å². The van der Waals surface area contributed by atoms with Crippen LogP contribution in [0, 0.1) is 11.7 Å². The molecule has 0 aliphatic carbocycles. The minimum absolute atomic E-state index is 0.0640. The summed E-state index contributed by atoms with van der Waals surface area (Å²) in [6, 6.07) is 5.88. The number of hydrogen-bond donors (Lipinski definition) is 0. The van der Waals surface area contributed by atoms with Gasteiger partial charge in [-0.3, -0.25) is 4.79 Å². The molecule has 88 valence electrons. The number of ketones is 1. The van der Waals surface area contributed by atoms with E-state index in [2.05, 4.69) is 0 Å². The maximum atomic E-state index is 13.4. The average molecular weight is 226 g/mol. The van der Waals surface area contributed by atoms with Crippen molar-refractivity contribution in [3.8, 4) is 0 Å². The number of Topliss-reactive ketones (excluding diaryl/α,β-unsaturated/α-hetero) is 1. The predicted octanol–water partition coefficient (Wildman–Crippen LogP) is 2.26. The van der Waals surface area contributed by atoms with Crippen molar-refractivity contribution < 1.29 is 18.7 Å². The third-order valence-electron chi connectivity index (χ3n) is 2.43.